The molecule has 2 rings (SSSR count). The monoisotopic (exact) mass is 294 g/mol. The van der Waals surface area contributed by atoms with Crippen LogP contribution >= 0.6 is 11.3 Å². The van der Waals surface area contributed by atoms with Gasteiger partial charge < -0.3 is 11.1 Å². The summed E-state index contributed by atoms with van der Waals surface area (Å²) in [6, 6.07) is 1.83. The zero-order chi connectivity index (χ0) is 14.5. The predicted octanol–water partition coefficient (Wildman–Crippen LogP) is 0.702. The fourth-order valence-electron chi connectivity index (χ4n) is 1.80. The van der Waals surface area contributed by atoms with Crippen LogP contribution in [0.4, 0.5) is 0 Å². The molecule has 0 spiro atoms. The third-order valence-electron chi connectivity index (χ3n) is 2.95. The average molecular weight is 294 g/mol. The van der Waals surface area contributed by atoms with E-state index in [1.807, 2.05) is 12.3 Å². The molecule has 2 heterocycles. The van der Waals surface area contributed by atoms with Crippen LogP contribution in [0.1, 0.15) is 19.8 Å². The molecule has 2 aromatic rings. The minimum Gasteiger partial charge on any atom is -0.356 e. The molecule has 0 bridgehead atoms. The average Bonchev–Trinajstić information content (AvgIpc) is 2.86. The first-order valence-electron chi connectivity index (χ1n) is 6.53. The lowest BCUT2D eigenvalue weighted by Gasteiger charge is -2.08. The summed E-state index contributed by atoms with van der Waals surface area (Å²) in [6.45, 7) is 2.79. The number of nitrogens with two attached hydrogens (primary N) is 1. The van der Waals surface area contributed by atoms with Crippen molar-refractivity contribution < 1.29 is 4.79 Å². The van der Waals surface area contributed by atoms with Gasteiger partial charge in [-0.1, -0.05) is 0 Å². The highest BCUT2D eigenvalue weighted by molar-refractivity contribution is 7.16. The molecule has 0 aromatic carbocycles. The SMILES string of the molecule is CC(N)CCNC(=O)CCn1cnc2sccc2c1=O. The van der Waals surface area contributed by atoms with Gasteiger partial charge in [0, 0.05) is 25.6 Å². The molecular formula is C13H18N4O2S. The van der Waals surface area contributed by atoms with Crippen molar-refractivity contribution in [2.45, 2.75) is 32.4 Å². The summed E-state index contributed by atoms with van der Waals surface area (Å²) in [5.41, 5.74) is 5.50. The van der Waals surface area contributed by atoms with Gasteiger partial charge in [-0.25, -0.2) is 4.98 Å². The molecule has 0 saturated heterocycles. The van der Waals surface area contributed by atoms with E-state index in [2.05, 4.69) is 10.3 Å². The lowest BCUT2D eigenvalue weighted by molar-refractivity contribution is -0.121. The molecule has 2 aromatic heterocycles. The van der Waals surface area contributed by atoms with Gasteiger partial charge in [0.15, 0.2) is 0 Å². The van der Waals surface area contributed by atoms with E-state index in [4.69, 9.17) is 5.73 Å². The van der Waals surface area contributed by atoms with Crippen molar-refractivity contribution in [3.05, 3.63) is 28.1 Å². The van der Waals surface area contributed by atoms with Crippen LogP contribution in [0, 0.1) is 0 Å². The number of aryl methyl sites for hydroxylation is 1. The van der Waals surface area contributed by atoms with Crippen LogP contribution in [0.3, 0.4) is 0 Å². The maximum Gasteiger partial charge on any atom is 0.262 e. The number of fused-ring (bicyclic) bond motifs is 1. The van der Waals surface area contributed by atoms with E-state index < -0.39 is 0 Å². The summed E-state index contributed by atoms with van der Waals surface area (Å²) in [5, 5.41) is 5.23. The molecule has 0 saturated carbocycles. The van der Waals surface area contributed by atoms with Crippen molar-refractivity contribution in [1.82, 2.24) is 14.9 Å². The van der Waals surface area contributed by atoms with E-state index in [0.717, 1.165) is 11.3 Å². The van der Waals surface area contributed by atoms with E-state index in [1.165, 1.54) is 22.2 Å². The van der Waals surface area contributed by atoms with Gasteiger partial charge in [0.25, 0.3) is 5.56 Å². The topological polar surface area (TPSA) is 90.0 Å². The first-order chi connectivity index (χ1) is 9.58. The molecule has 20 heavy (non-hydrogen) atoms. The summed E-state index contributed by atoms with van der Waals surface area (Å²) in [4.78, 5) is 28.7. The van der Waals surface area contributed by atoms with Crippen LogP contribution in [0.5, 0.6) is 0 Å². The molecule has 3 N–H and O–H groups in total. The molecule has 6 nitrogen and oxygen atoms in total. The summed E-state index contributed by atoms with van der Waals surface area (Å²) in [5.74, 6) is -0.0806. The van der Waals surface area contributed by atoms with Crippen molar-refractivity contribution in [3.63, 3.8) is 0 Å². The number of carbonyl (C=O) groups is 1. The van der Waals surface area contributed by atoms with Gasteiger partial charge in [-0.3, -0.25) is 14.2 Å². The molecule has 1 amide bonds. The Hall–Kier alpha value is -1.73. The lowest BCUT2D eigenvalue weighted by atomic mass is 10.2. The van der Waals surface area contributed by atoms with Crippen LogP contribution < -0.4 is 16.6 Å². The van der Waals surface area contributed by atoms with E-state index in [9.17, 15) is 9.59 Å². The Morgan fingerprint density at radius 1 is 1.60 bits per heavy atom. The Balaban J connectivity index is 1.91. The minimum atomic E-state index is -0.0976. The zero-order valence-electron chi connectivity index (χ0n) is 11.3. The molecule has 0 aliphatic heterocycles. The molecule has 1 atom stereocenters. The van der Waals surface area contributed by atoms with Crippen molar-refractivity contribution >= 4 is 27.5 Å². The number of thiophene rings is 1. The van der Waals surface area contributed by atoms with Gasteiger partial charge in [0.2, 0.25) is 5.91 Å². The highest BCUT2D eigenvalue weighted by atomic mass is 32.1. The summed E-state index contributed by atoms with van der Waals surface area (Å²) >= 11 is 1.43. The van der Waals surface area contributed by atoms with Crippen LogP contribution in [-0.4, -0.2) is 28.0 Å². The van der Waals surface area contributed by atoms with Crippen molar-refractivity contribution in [1.29, 1.82) is 0 Å². The Morgan fingerprint density at radius 2 is 2.40 bits per heavy atom. The second kappa shape index (κ2) is 6.62. The lowest BCUT2D eigenvalue weighted by Crippen LogP contribution is -2.30. The number of nitrogens with one attached hydrogen (secondary N) is 1. The van der Waals surface area contributed by atoms with Gasteiger partial charge >= 0.3 is 0 Å². The number of aromatic nitrogens is 2. The molecule has 0 aliphatic carbocycles. The van der Waals surface area contributed by atoms with Crippen LogP contribution in [0.2, 0.25) is 0 Å². The van der Waals surface area contributed by atoms with E-state index in [1.54, 1.807) is 6.07 Å². The van der Waals surface area contributed by atoms with E-state index in [-0.39, 0.29) is 23.9 Å². The standard InChI is InChI=1S/C13H18N4O2S/c1-9(14)2-5-15-11(18)3-6-17-8-16-12-10(13(17)19)4-7-20-12/h4,7-9H,2-3,5-6,14H2,1H3,(H,15,18). The quantitative estimate of drug-likeness (QED) is 0.820. The van der Waals surface area contributed by atoms with Gasteiger partial charge in [-0.15, -0.1) is 11.3 Å². The molecule has 0 fully saturated rings. The highest BCUT2D eigenvalue weighted by Gasteiger charge is 2.07. The molecular weight excluding hydrogens is 276 g/mol. The van der Waals surface area contributed by atoms with Gasteiger partial charge in [0.05, 0.1) is 11.7 Å². The van der Waals surface area contributed by atoms with Gasteiger partial charge in [-0.05, 0) is 24.8 Å². The molecule has 7 heteroatoms. The summed E-state index contributed by atoms with van der Waals surface area (Å²) < 4.78 is 1.47. The number of hydrogen-bond acceptors (Lipinski definition) is 5. The number of carbonyl (C=O) groups excluding carboxylic acids is 1. The van der Waals surface area contributed by atoms with Gasteiger partial charge in [-0.2, -0.15) is 0 Å². The van der Waals surface area contributed by atoms with Gasteiger partial charge in [0.1, 0.15) is 4.83 Å². The normalized spacial score (nSPS) is 12.5. The van der Waals surface area contributed by atoms with E-state index in [0.29, 0.717) is 18.5 Å². The molecule has 0 radical (unpaired) electrons. The third-order valence-corrected chi connectivity index (χ3v) is 3.77. The predicted molar refractivity (Wildman–Crippen MR) is 79.8 cm³/mol. The Morgan fingerprint density at radius 3 is 3.15 bits per heavy atom. The van der Waals surface area contributed by atoms with E-state index >= 15 is 0 Å². The van der Waals surface area contributed by atoms with Crippen LogP contribution in [-0.2, 0) is 11.3 Å². The van der Waals surface area contributed by atoms with Crippen LogP contribution in [0.25, 0.3) is 10.2 Å². The number of hydrogen-bond donors (Lipinski definition) is 2. The van der Waals surface area contributed by atoms with Crippen LogP contribution in [0.15, 0.2) is 22.6 Å². The summed E-state index contributed by atoms with van der Waals surface area (Å²) in [7, 11) is 0. The first kappa shape index (κ1) is 14.7. The first-order valence-corrected chi connectivity index (χ1v) is 7.41. The number of rotatable bonds is 6. The molecule has 108 valence electrons. The largest absolute Gasteiger partial charge is 0.356 e. The number of amides is 1. The third kappa shape index (κ3) is 3.64. The Bertz CT molecular complexity index is 647. The molecule has 0 aliphatic rings. The maximum atomic E-state index is 12.1. The van der Waals surface area contributed by atoms with Crippen molar-refractivity contribution in [2.24, 2.45) is 5.73 Å². The smallest absolute Gasteiger partial charge is 0.262 e. The maximum absolute atomic E-state index is 12.1. The second-order valence-corrected chi connectivity index (χ2v) is 5.64. The highest BCUT2D eigenvalue weighted by Crippen LogP contribution is 2.13. The van der Waals surface area contributed by atoms with Crippen molar-refractivity contribution in [3.8, 4) is 0 Å². The Kier molecular flexibility index (Phi) is 4.86. The minimum absolute atomic E-state index is 0.0723. The fraction of sp³-hybridized carbons (Fsp3) is 0.462. The summed E-state index contributed by atoms with van der Waals surface area (Å²) in [6.07, 6.45) is 2.50. The second-order valence-electron chi connectivity index (χ2n) is 4.75. The zero-order valence-corrected chi connectivity index (χ0v) is 12.2. The Labute approximate surface area is 120 Å². The fourth-order valence-corrected chi connectivity index (χ4v) is 2.53. The number of nitrogens with zero attached hydrogens (tertiary/aromatic N) is 2. The molecule has 1 unspecified atom stereocenters. The van der Waals surface area contributed by atoms with Crippen molar-refractivity contribution in [2.75, 3.05) is 6.54 Å².